The molecule has 2 aromatic rings. The van der Waals surface area contributed by atoms with Gasteiger partial charge in [-0.1, -0.05) is 11.6 Å². The minimum Gasteiger partial charge on any atom is -0.321 e. The zero-order valence-corrected chi connectivity index (χ0v) is 9.81. The summed E-state index contributed by atoms with van der Waals surface area (Å²) in [5.41, 5.74) is 7.68. The van der Waals surface area contributed by atoms with Crippen LogP contribution in [-0.4, -0.2) is 20.2 Å². The van der Waals surface area contributed by atoms with Crippen molar-refractivity contribution in [2.24, 2.45) is 5.73 Å². The van der Waals surface area contributed by atoms with E-state index in [0.29, 0.717) is 10.8 Å². The molecule has 0 radical (unpaired) electrons. The molecule has 0 fully saturated rings. The Morgan fingerprint density at radius 2 is 2.19 bits per heavy atom. The van der Waals surface area contributed by atoms with Crippen LogP contribution in [0.5, 0.6) is 0 Å². The monoisotopic (exact) mass is 237 g/mol. The van der Waals surface area contributed by atoms with Crippen LogP contribution in [-0.2, 0) is 0 Å². The zero-order valence-electron chi connectivity index (χ0n) is 9.05. The number of rotatable bonds is 2. The van der Waals surface area contributed by atoms with Gasteiger partial charge in [0.15, 0.2) is 5.82 Å². The van der Waals surface area contributed by atoms with Gasteiger partial charge in [-0.2, -0.15) is 4.68 Å². The Morgan fingerprint density at radius 3 is 2.81 bits per heavy atom. The van der Waals surface area contributed by atoms with Crippen molar-refractivity contribution < 1.29 is 0 Å². The van der Waals surface area contributed by atoms with Crippen LogP contribution in [0.2, 0.25) is 5.02 Å². The first-order chi connectivity index (χ1) is 7.59. The quantitative estimate of drug-likeness (QED) is 0.862. The minimum atomic E-state index is -0.218. The Balaban J connectivity index is 2.54. The highest BCUT2D eigenvalue weighted by Crippen LogP contribution is 2.20. The molecule has 1 atom stereocenters. The van der Waals surface area contributed by atoms with E-state index in [9.17, 15) is 0 Å². The second kappa shape index (κ2) is 4.19. The van der Waals surface area contributed by atoms with Crippen LogP contribution in [0.4, 0.5) is 0 Å². The van der Waals surface area contributed by atoms with Crippen molar-refractivity contribution >= 4 is 11.6 Å². The smallest absolute Gasteiger partial charge is 0.173 e. The summed E-state index contributed by atoms with van der Waals surface area (Å²) in [6.07, 6.45) is 0. The van der Waals surface area contributed by atoms with Crippen molar-refractivity contribution in [3.05, 3.63) is 34.6 Å². The Morgan fingerprint density at radius 1 is 1.44 bits per heavy atom. The Hall–Kier alpha value is -1.46. The van der Waals surface area contributed by atoms with Crippen molar-refractivity contribution in [1.29, 1.82) is 0 Å². The summed E-state index contributed by atoms with van der Waals surface area (Å²) in [6, 6.07) is 5.32. The largest absolute Gasteiger partial charge is 0.321 e. The second-order valence-corrected chi connectivity index (χ2v) is 4.10. The van der Waals surface area contributed by atoms with Crippen LogP contribution < -0.4 is 5.73 Å². The van der Waals surface area contributed by atoms with Crippen LogP contribution >= 0.6 is 11.6 Å². The van der Waals surface area contributed by atoms with Gasteiger partial charge in [0.25, 0.3) is 0 Å². The minimum absolute atomic E-state index is 0.218. The fourth-order valence-electron chi connectivity index (χ4n) is 1.51. The second-order valence-electron chi connectivity index (χ2n) is 3.67. The summed E-state index contributed by atoms with van der Waals surface area (Å²) in [6.45, 7) is 3.79. The van der Waals surface area contributed by atoms with E-state index in [0.717, 1.165) is 11.3 Å². The number of halogens is 1. The fourth-order valence-corrected chi connectivity index (χ4v) is 1.73. The topological polar surface area (TPSA) is 69.6 Å². The molecular formula is C10H12ClN5. The molecule has 1 unspecified atom stereocenters. The van der Waals surface area contributed by atoms with E-state index in [1.165, 1.54) is 0 Å². The number of hydrogen-bond acceptors (Lipinski definition) is 4. The maximum absolute atomic E-state index is 5.90. The maximum Gasteiger partial charge on any atom is 0.173 e. The van der Waals surface area contributed by atoms with Gasteiger partial charge in [0.05, 0.1) is 11.7 Å². The number of aromatic nitrogens is 4. The molecule has 0 spiro atoms. The number of nitrogens with zero attached hydrogens (tertiary/aromatic N) is 4. The molecule has 1 aromatic heterocycles. The molecule has 0 aliphatic rings. The van der Waals surface area contributed by atoms with Crippen molar-refractivity contribution in [2.45, 2.75) is 19.9 Å². The number of hydrogen-bond donors (Lipinski definition) is 1. The molecule has 0 saturated carbocycles. The lowest BCUT2D eigenvalue weighted by molar-refractivity contribution is 0.686. The molecule has 0 amide bonds. The standard InChI is InChI=1S/C10H12ClN5/c1-6-5-8(11)3-4-9(6)16-10(7(2)12)13-14-15-16/h3-5,7H,12H2,1-2H3. The first-order valence-corrected chi connectivity index (χ1v) is 5.28. The SMILES string of the molecule is Cc1cc(Cl)ccc1-n1nnnc1C(C)N. The molecule has 84 valence electrons. The van der Waals surface area contributed by atoms with Gasteiger partial charge in [0, 0.05) is 5.02 Å². The summed E-state index contributed by atoms with van der Waals surface area (Å²) < 4.78 is 1.64. The summed E-state index contributed by atoms with van der Waals surface area (Å²) in [4.78, 5) is 0. The third-order valence-electron chi connectivity index (χ3n) is 2.29. The molecule has 16 heavy (non-hydrogen) atoms. The highest BCUT2D eigenvalue weighted by atomic mass is 35.5. The lowest BCUT2D eigenvalue weighted by atomic mass is 10.2. The van der Waals surface area contributed by atoms with Crippen molar-refractivity contribution in [2.75, 3.05) is 0 Å². The molecule has 5 nitrogen and oxygen atoms in total. The Kier molecular flexibility index (Phi) is 2.89. The van der Waals surface area contributed by atoms with E-state index in [-0.39, 0.29) is 6.04 Å². The van der Waals surface area contributed by atoms with Gasteiger partial charge < -0.3 is 5.73 Å². The summed E-state index contributed by atoms with van der Waals surface area (Å²) in [7, 11) is 0. The van der Waals surface area contributed by atoms with E-state index in [1.807, 2.05) is 26.0 Å². The molecular weight excluding hydrogens is 226 g/mol. The van der Waals surface area contributed by atoms with Crippen molar-refractivity contribution in [3.63, 3.8) is 0 Å². The molecule has 1 aromatic carbocycles. The molecule has 6 heteroatoms. The van der Waals surface area contributed by atoms with Crippen LogP contribution in [0.15, 0.2) is 18.2 Å². The van der Waals surface area contributed by atoms with Crippen LogP contribution in [0.1, 0.15) is 24.4 Å². The fraction of sp³-hybridized carbons (Fsp3) is 0.300. The first kappa shape index (κ1) is 11.0. The van der Waals surface area contributed by atoms with Gasteiger partial charge in [-0.25, -0.2) is 0 Å². The third kappa shape index (κ3) is 1.91. The van der Waals surface area contributed by atoms with Crippen molar-refractivity contribution in [1.82, 2.24) is 20.2 Å². The average molecular weight is 238 g/mol. The van der Waals surface area contributed by atoms with E-state index in [4.69, 9.17) is 17.3 Å². The highest BCUT2D eigenvalue weighted by molar-refractivity contribution is 6.30. The summed E-state index contributed by atoms with van der Waals surface area (Å²) >= 11 is 5.90. The molecule has 0 aliphatic carbocycles. The third-order valence-corrected chi connectivity index (χ3v) is 2.52. The zero-order chi connectivity index (χ0) is 11.7. The molecule has 0 aliphatic heterocycles. The van der Waals surface area contributed by atoms with Crippen LogP contribution in [0.25, 0.3) is 5.69 Å². The van der Waals surface area contributed by atoms with Crippen LogP contribution in [0, 0.1) is 6.92 Å². The van der Waals surface area contributed by atoms with E-state index in [2.05, 4.69) is 15.5 Å². The predicted octanol–water partition coefficient (Wildman–Crippen LogP) is 1.64. The van der Waals surface area contributed by atoms with Gasteiger partial charge in [-0.3, -0.25) is 0 Å². The number of nitrogens with two attached hydrogens (primary N) is 1. The Bertz CT molecular complexity index is 506. The number of tetrazole rings is 1. The summed E-state index contributed by atoms with van der Waals surface area (Å²) in [5, 5.41) is 12.2. The van der Waals surface area contributed by atoms with E-state index >= 15 is 0 Å². The maximum atomic E-state index is 5.90. The van der Waals surface area contributed by atoms with E-state index in [1.54, 1.807) is 10.7 Å². The average Bonchev–Trinajstić information content (AvgIpc) is 2.66. The van der Waals surface area contributed by atoms with Gasteiger partial charge in [0.2, 0.25) is 0 Å². The molecule has 0 bridgehead atoms. The molecule has 0 saturated heterocycles. The molecule has 1 heterocycles. The lowest BCUT2D eigenvalue weighted by Gasteiger charge is -2.09. The van der Waals surface area contributed by atoms with Gasteiger partial charge >= 0.3 is 0 Å². The Labute approximate surface area is 98.2 Å². The lowest BCUT2D eigenvalue weighted by Crippen LogP contribution is -2.14. The number of aryl methyl sites for hydroxylation is 1. The number of benzene rings is 1. The summed E-state index contributed by atoms with van der Waals surface area (Å²) in [5.74, 6) is 0.630. The molecule has 2 N–H and O–H groups in total. The van der Waals surface area contributed by atoms with Gasteiger partial charge in [-0.05, 0) is 48.0 Å². The normalized spacial score (nSPS) is 12.8. The highest BCUT2D eigenvalue weighted by Gasteiger charge is 2.13. The first-order valence-electron chi connectivity index (χ1n) is 4.90. The van der Waals surface area contributed by atoms with Crippen LogP contribution in [0.3, 0.4) is 0 Å². The van der Waals surface area contributed by atoms with Gasteiger partial charge in [-0.15, -0.1) is 5.10 Å². The van der Waals surface area contributed by atoms with E-state index < -0.39 is 0 Å². The predicted molar refractivity (Wildman–Crippen MR) is 61.5 cm³/mol. The van der Waals surface area contributed by atoms with Gasteiger partial charge in [0.1, 0.15) is 0 Å². The molecule has 2 rings (SSSR count). The van der Waals surface area contributed by atoms with Crippen molar-refractivity contribution in [3.8, 4) is 5.69 Å².